The zero-order valence-electron chi connectivity index (χ0n) is 8.56. The van der Waals surface area contributed by atoms with Gasteiger partial charge in [0.05, 0.1) is 6.54 Å². The van der Waals surface area contributed by atoms with Gasteiger partial charge in [-0.1, -0.05) is 6.07 Å². The molecule has 15 heavy (non-hydrogen) atoms. The number of hydrogen-bond donors (Lipinski definition) is 1. The van der Waals surface area contributed by atoms with E-state index in [-0.39, 0.29) is 5.91 Å². The zero-order valence-corrected chi connectivity index (χ0v) is 10.3. The molecule has 2 nitrogen and oxygen atoms in total. The summed E-state index contributed by atoms with van der Waals surface area (Å²) in [5.41, 5.74) is 0. The fourth-order valence-electron chi connectivity index (χ4n) is 1.62. The molecule has 1 aromatic rings. The van der Waals surface area contributed by atoms with Crippen molar-refractivity contribution in [2.75, 3.05) is 5.75 Å². The Morgan fingerprint density at radius 3 is 2.93 bits per heavy atom. The molecule has 0 saturated heterocycles. The van der Waals surface area contributed by atoms with Gasteiger partial charge in [-0.25, -0.2) is 0 Å². The van der Waals surface area contributed by atoms with Gasteiger partial charge in [-0.2, -0.15) is 12.6 Å². The maximum Gasteiger partial charge on any atom is 0.223 e. The largest absolute Gasteiger partial charge is 0.335 e. The molecule has 82 valence electrons. The Bertz CT molecular complexity index is 319. The molecule has 0 spiro atoms. The SMILES string of the molecule is O=C(CCS)N(Cc1cccs1)C1CC1. The normalized spacial score (nSPS) is 15.3. The van der Waals surface area contributed by atoms with Crippen molar-refractivity contribution in [3.8, 4) is 0 Å². The van der Waals surface area contributed by atoms with Crippen LogP contribution < -0.4 is 0 Å². The topological polar surface area (TPSA) is 20.3 Å². The Morgan fingerprint density at radius 2 is 2.40 bits per heavy atom. The fourth-order valence-corrected chi connectivity index (χ4v) is 2.51. The summed E-state index contributed by atoms with van der Waals surface area (Å²) in [7, 11) is 0. The number of thiophene rings is 1. The van der Waals surface area contributed by atoms with Gasteiger partial charge in [0.25, 0.3) is 0 Å². The molecule has 0 unspecified atom stereocenters. The van der Waals surface area contributed by atoms with Crippen molar-refractivity contribution in [2.45, 2.75) is 31.8 Å². The van der Waals surface area contributed by atoms with E-state index in [1.165, 1.54) is 17.7 Å². The Balaban J connectivity index is 1.97. The molecule has 1 heterocycles. The number of thiol groups is 1. The standard InChI is InChI=1S/C11H15NOS2/c13-11(5-6-14)12(9-3-4-9)8-10-2-1-7-15-10/h1-2,7,9,14H,3-6,8H2. The molecule has 0 aromatic carbocycles. The van der Waals surface area contributed by atoms with Gasteiger partial charge in [0.2, 0.25) is 5.91 Å². The molecule has 2 rings (SSSR count). The fraction of sp³-hybridized carbons (Fsp3) is 0.545. The van der Waals surface area contributed by atoms with Gasteiger partial charge >= 0.3 is 0 Å². The first-order valence-electron chi connectivity index (χ1n) is 5.24. The van der Waals surface area contributed by atoms with Crippen LogP contribution in [-0.4, -0.2) is 22.6 Å². The lowest BCUT2D eigenvalue weighted by Gasteiger charge is -2.21. The van der Waals surface area contributed by atoms with Gasteiger partial charge in [-0.05, 0) is 30.0 Å². The second-order valence-corrected chi connectivity index (χ2v) is 5.29. The van der Waals surface area contributed by atoms with Gasteiger partial charge in [-0.3, -0.25) is 4.79 Å². The smallest absolute Gasteiger partial charge is 0.223 e. The highest BCUT2D eigenvalue weighted by molar-refractivity contribution is 7.80. The zero-order chi connectivity index (χ0) is 10.7. The van der Waals surface area contributed by atoms with E-state index in [9.17, 15) is 4.79 Å². The number of carbonyl (C=O) groups is 1. The number of hydrogen-bond acceptors (Lipinski definition) is 3. The highest BCUT2D eigenvalue weighted by Crippen LogP contribution is 2.29. The molecule has 4 heteroatoms. The summed E-state index contributed by atoms with van der Waals surface area (Å²) in [5, 5.41) is 2.06. The minimum atomic E-state index is 0.251. The number of nitrogens with zero attached hydrogens (tertiary/aromatic N) is 1. The van der Waals surface area contributed by atoms with Crippen molar-refractivity contribution in [1.82, 2.24) is 4.90 Å². The van der Waals surface area contributed by atoms with Gasteiger partial charge in [-0.15, -0.1) is 11.3 Å². The first-order valence-corrected chi connectivity index (χ1v) is 6.75. The van der Waals surface area contributed by atoms with Gasteiger partial charge < -0.3 is 4.90 Å². The first kappa shape index (κ1) is 11.0. The van der Waals surface area contributed by atoms with E-state index in [1.807, 2.05) is 11.0 Å². The summed E-state index contributed by atoms with van der Waals surface area (Å²) in [6, 6.07) is 4.63. The quantitative estimate of drug-likeness (QED) is 0.786. The summed E-state index contributed by atoms with van der Waals surface area (Å²) < 4.78 is 0. The van der Waals surface area contributed by atoms with Crippen molar-refractivity contribution < 1.29 is 4.79 Å². The van der Waals surface area contributed by atoms with Crippen molar-refractivity contribution in [2.24, 2.45) is 0 Å². The van der Waals surface area contributed by atoms with Crippen LogP contribution in [0.5, 0.6) is 0 Å². The lowest BCUT2D eigenvalue weighted by atomic mass is 10.3. The lowest BCUT2D eigenvalue weighted by molar-refractivity contribution is -0.131. The maximum absolute atomic E-state index is 11.8. The molecule has 1 fully saturated rings. The van der Waals surface area contributed by atoms with Gasteiger partial charge in [0, 0.05) is 17.3 Å². The van der Waals surface area contributed by atoms with Crippen molar-refractivity contribution in [3.05, 3.63) is 22.4 Å². The molecule has 0 N–H and O–H groups in total. The summed E-state index contributed by atoms with van der Waals surface area (Å²) in [4.78, 5) is 15.1. The Labute approximate surface area is 99.7 Å². The van der Waals surface area contributed by atoms with Gasteiger partial charge in [0.1, 0.15) is 0 Å². The van der Waals surface area contributed by atoms with Crippen LogP contribution in [0.1, 0.15) is 24.1 Å². The predicted molar refractivity (Wildman–Crippen MR) is 66.4 cm³/mol. The monoisotopic (exact) mass is 241 g/mol. The Kier molecular flexibility index (Phi) is 3.70. The van der Waals surface area contributed by atoms with Crippen molar-refractivity contribution >= 4 is 29.9 Å². The van der Waals surface area contributed by atoms with Crippen LogP contribution in [0.2, 0.25) is 0 Å². The molecule has 0 bridgehead atoms. The lowest BCUT2D eigenvalue weighted by Crippen LogP contribution is -2.32. The van der Waals surface area contributed by atoms with Crippen molar-refractivity contribution in [1.29, 1.82) is 0 Å². The average molecular weight is 241 g/mol. The molecule has 1 aliphatic carbocycles. The van der Waals surface area contributed by atoms with E-state index in [2.05, 4.69) is 24.1 Å². The van der Waals surface area contributed by atoms with Crippen molar-refractivity contribution in [3.63, 3.8) is 0 Å². The Hall–Kier alpha value is -0.480. The van der Waals surface area contributed by atoms with Crippen LogP contribution in [0.3, 0.4) is 0 Å². The number of amides is 1. The van der Waals surface area contributed by atoms with Crippen LogP contribution in [0.4, 0.5) is 0 Å². The number of carbonyl (C=O) groups excluding carboxylic acids is 1. The van der Waals surface area contributed by atoms with E-state index >= 15 is 0 Å². The molecular weight excluding hydrogens is 226 g/mol. The summed E-state index contributed by atoms with van der Waals surface area (Å²) >= 11 is 5.83. The average Bonchev–Trinajstić information content (AvgIpc) is 2.93. The summed E-state index contributed by atoms with van der Waals surface area (Å²) in [6.07, 6.45) is 2.90. The molecule has 1 aromatic heterocycles. The van der Waals surface area contributed by atoms with E-state index in [4.69, 9.17) is 0 Å². The van der Waals surface area contributed by atoms with Crippen LogP contribution in [0.25, 0.3) is 0 Å². The Morgan fingerprint density at radius 1 is 1.60 bits per heavy atom. The molecule has 1 saturated carbocycles. The van der Waals surface area contributed by atoms with E-state index < -0.39 is 0 Å². The second kappa shape index (κ2) is 5.03. The number of rotatable bonds is 5. The van der Waals surface area contributed by atoms with E-state index in [1.54, 1.807) is 11.3 Å². The highest BCUT2D eigenvalue weighted by atomic mass is 32.1. The molecule has 1 aliphatic rings. The van der Waals surface area contributed by atoms with Crippen LogP contribution in [0, 0.1) is 0 Å². The van der Waals surface area contributed by atoms with Crippen LogP contribution in [0.15, 0.2) is 17.5 Å². The minimum absolute atomic E-state index is 0.251. The predicted octanol–water partition coefficient (Wildman–Crippen LogP) is 2.56. The molecular formula is C11H15NOS2. The molecule has 0 radical (unpaired) electrons. The van der Waals surface area contributed by atoms with E-state index in [0.29, 0.717) is 18.2 Å². The third-order valence-corrected chi connectivity index (χ3v) is 3.62. The van der Waals surface area contributed by atoms with E-state index in [0.717, 1.165) is 6.54 Å². The highest BCUT2D eigenvalue weighted by Gasteiger charge is 2.32. The third kappa shape index (κ3) is 2.98. The third-order valence-electron chi connectivity index (χ3n) is 2.54. The summed E-state index contributed by atoms with van der Waals surface area (Å²) in [6.45, 7) is 0.787. The second-order valence-electron chi connectivity index (χ2n) is 3.81. The molecule has 0 aliphatic heterocycles. The molecule has 1 amide bonds. The van der Waals surface area contributed by atoms with Crippen LogP contribution >= 0.6 is 24.0 Å². The molecule has 0 atom stereocenters. The summed E-state index contributed by atoms with van der Waals surface area (Å²) in [5.74, 6) is 0.896. The maximum atomic E-state index is 11.8. The van der Waals surface area contributed by atoms with Crippen LogP contribution in [-0.2, 0) is 11.3 Å². The first-order chi connectivity index (χ1) is 7.31. The minimum Gasteiger partial charge on any atom is -0.335 e. The van der Waals surface area contributed by atoms with Gasteiger partial charge in [0.15, 0.2) is 0 Å².